The van der Waals surface area contributed by atoms with E-state index < -0.39 is 0 Å². The highest BCUT2D eigenvalue weighted by molar-refractivity contribution is 5.94. The summed E-state index contributed by atoms with van der Waals surface area (Å²) in [5.41, 5.74) is 1.13. The molecule has 0 amide bonds. The van der Waals surface area contributed by atoms with Gasteiger partial charge >= 0.3 is 0 Å². The predicted molar refractivity (Wildman–Crippen MR) is 109 cm³/mol. The van der Waals surface area contributed by atoms with Gasteiger partial charge in [0.1, 0.15) is 11.5 Å². The Labute approximate surface area is 158 Å². The molecule has 2 aromatic carbocycles. The third kappa shape index (κ3) is 5.91. The van der Waals surface area contributed by atoms with Crippen LogP contribution in [-0.2, 0) is 6.42 Å². The Morgan fingerprint density at radius 1 is 0.885 bits per heavy atom. The maximum Gasteiger partial charge on any atom is 0.130 e. The molecule has 0 radical (unpaired) electrons. The van der Waals surface area contributed by atoms with E-state index in [1.54, 1.807) is 0 Å². The van der Waals surface area contributed by atoms with Gasteiger partial charge in [-0.1, -0.05) is 52.0 Å². The molecule has 0 spiro atoms. The number of aliphatic hydroxyl groups excluding tert-OH is 1. The van der Waals surface area contributed by atoms with Crippen molar-refractivity contribution >= 4 is 10.8 Å². The quantitative estimate of drug-likeness (QED) is 0.567. The smallest absolute Gasteiger partial charge is 0.130 e. The Bertz CT molecular complexity index is 676. The molecule has 0 saturated carbocycles. The van der Waals surface area contributed by atoms with Crippen molar-refractivity contribution in [1.29, 1.82) is 0 Å². The van der Waals surface area contributed by atoms with E-state index in [9.17, 15) is 5.11 Å². The van der Waals surface area contributed by atoms with Crippen LogP contribution in [-0.4, -0.2) is 24.9 Å². The second kappa shape index (κ2) is 10.4. The van der Waals surface area contributed by atoms with Crippen LogP contribution in [0.2, 0.25) is 0 Å². The zero-order chi connectivity index (χ0) is 18.9. The van der Waals surface area contributed by atoms with Crippen LogP contribution >= 0.6 is 0 Å². The van der Waals surface area contributed by atoms with Gasteiger partial charge in [-0.2, -0.15) is 0 Å². The summed E-state index contributed by atoms with van der Waals surface area (Å²) in [6.45, 7) is 10.4. The van der Waals surface area contributed by atoms with Gasteiger partial charge in [0.15, 0.2) is 0 Å². The fourth-order valence-corrected chi connectivity index (χ4v) is 2.92. The third-order valence-corrected chi connectivity index (χ3v) is 4.53. The van der Waals surface area contributed by atoms with E-state index in [4.69, 9.17) is 9.47 Å². The molecule has 2 aromatic rings. The fourth-order valence-electron chi connectivity index (χ4n) is 2.92. The van der Waals surface area contributed by atoms with Gasteiger partial charge in [0, 0.05) is 17.4 Å². The van der Waals surface area contributed by atoms with Crippen LogP contribution < -0.4 is 9.47 Å². The van der Waals surface area contributed by atoms with Crippen molar-refractivity contribution in [2.75, 3.05) is 19.8 Å². The topological polar surface area (TPSA) is 38.7 Å². The van der Waals surface area contributed by atoms with Crippen molar-refractivity contribution in [3.8, 4) is 11.5 Å². The molecule has 144 valence electrons. The molecule has 3 nitrogen and oxygen atoms in total. The zero-order valence-electron chi connectivity index (χ0n) is 16.8. The number of rotatable bonds is 11. The molecule has 0 fully saturated rings. The largest absolute Gasteiger partial charge is 0.493 e. The number of hydrogen-bond acceptors (Lipinski definition) is 3. The van der Waals surface area contributed by atoms with Crippen molar-refractivity contribution in [3.63, 3.8) is 0 Å². The molecule has 0 aliphatic heterocycles. The van der Waals surface area contributed by atoms with Crippen LogP contribution in [0.4, 0.5) is 0 Å². The molecule has 3 heteroatoms. The van der Waals surface area contributed by atoms with Gasteiger partial charge in [0.2, 0.25) is 0 Å². The third-order valence-electron chi connectivity index (χ3n) is 4.53. The van der Waals surface area contributed by atoms with Crippen molar-refractivity contribution in [2.24, 2.45) is 11.8 Å². The molecule has 0 saturated heterocycles. The molecule has 0 aromatic heterocycles. The normalized spacial score (nSPS) is 11.5. The van der Waals surface area contributed by atoms with E-state index >= 15 is 0 Å². The van der Waals surface area contributed by atoms with Crippen LogP contribution in [0.25, 0.3) is 10.8 Å². The number of hydrogen-bond donors (Lipinski definition) is 1. The van der Waals surface area contributed by atoms with Crippen molar-refractivity contribution in [2.45, 2.75) is 53.4 Å². The molecular formula is C23H34O3. The molecule has 0 heterocycles. The average Bonchev–Trinajstić information content (AvgIpc) is 2.61. The molecule has 0 unspecified atom stereocenters. The summed E-state index contributed by atoms with van der Waals surface area (Å²) in [7, 11) is 0. The molecule has 26 heavy (non-hydrogen) atoms. The second-order valence-electron chi connectivity index (χ2n) is 7.80. The average molecular weight is 359 g/mol. The van der Waals surface area contributed by atoms with Crippen molar-refractivity contribution in [3.05, 3.63) is 35.9 Å². The van der Waals surface area contributed by atoms with E-state index in [0.717, 1.165) is 53.5 Å². The molecule has 0 aliphatic rings. The minimum Gasteiger partial charge on any atom is -0.493 e. The maximum absolute atomic E-state index is 9.28. The predicted octanol–water partition coefficient (Wildman–Crippen LogP) is 5.61. The first-order chi connectivity index (χ1) is 12.5. The van der Waals surface area contributed by atoms with Gasteiger partial charge in [-0.25, -0.2) is 0 Å². The first kappa shape index (κ1) is 20.6. The van der Waals surface area contributed by atoms with E-state index in [1.807, 2.05) is 12.1 Å². The first-order valence-corrected chi connectivity index (χ1v) is 9.94. The monoisotopic (exact) mass is 358 g/mol. The summed E-state index contributed by atoms with van der Waals surface area (Å²) in [5, 5.41) is 11.5. The standard InChI is InChI=1S/C23H34O3/c1-17(2)11-14-25-22-16-19(8-7-13-24)23(26-15-12-18(3)4)21-10-6-5-9-20(21)22/h5-6,9-10,16-18,24H,7-8,11-15H2,1-4H3. The fraction of sp³-hybridized carbons (Fsp3) is 0.565. The Hall–Kier alpha value is -1.74. The van der Waals surface area contributed by atoms with Gasteiger partial charge in [-0.05, 0) is 49.1 Å². The Balaban J connectivity index is 2.36. The Kier molecular flexibility index (Phi) is 8.24. The van der Waals surface area contributed by atoms with Crippen LogP contribution in [0, 0.1) is 11.8 Å². The second-order valence-corrected chi connectivity index (χ2v) is 7.80. The lowest BCUT2D eigenvalue weighted by atomic mass is 10.0. The molecular weight excluding hydrogens is 324 g/mol. The Morgan fingerprint density at radius 3 is 2.12 bits per heavy atom. The molecule has 1 N–H and O–H groups in total. The summed E-state index contributed by atoms with van der Waals surface area (Å²) < 4.78 is 12.3. The van der Waals surface area contributed by atoms with Gasteiger partial charge in [-0.15, -0.1) is 0 Å². The number of fused-ring (bicyclic) bond motifs is 1. The molecule has 0 atom stereocenters. The van der Waals surface area contributed by atoms with Gasteiger partial charge < -0.3 is 14.6 Å². The van der Waals surface area contributed by atoms with Crippen molar-refractivity contribution < 1.29 is 14.6 Å². The van der Waals surface area contributed by atoms with Gasteiger partial charge in [-0.3, -0.25) is 0 Å². The zero-order valence-corrected chi connectivity index (χ0v) is 16.8. The van der Waals surface area contributed by atoms with E-state index in [-0.39, 0.29) is 6.61 Å². The van der Waals surface area contributed by atoms with Crippen LogP contribution in [0.15, 0.2) is 30.3 Å². The highest BCUT2D eigenvalue weighted by Gasteiger charge is 2.14. The van der Waals surface area contributed by atoms with E-state index in [2.05, 4.69) is 45.9 Å². The number of benzene rings is 2. The lowest BCUT2D eigenvalue weighted by Gasteiger charge is -2.18. The highest BCUT2D eigenvalue weighted by Crippen LogP contribution is 2.38. The highest BCUT2D eigenvalue weighted by atomic mass is 16.5. The maximum atomic E-state index is 9.28. The minimum absolute atomic E-state index is 0.182. The van der Waals surface area contributed by atoms with Crippen molar-refractivity contribution in [1.82, 2.24) is 0 Å². The van der Waals surface area contributed by atoms with Gasteiger partial charge in [0.25, 0.3) is 0 Å². The number of aryl methyl sites for hydroxylation is 1. The first-order valence-electron chi connectivity index (χ1n) is 9.94. The summed E-state index contributed by atoms with van der Waals surface area (Å²) in [4.78, 5) is 0. The van der Waals surface area contributed by atoms with Gasteiger partial charge in [0.05, 0.1) is 13.2 Å². The summed E-state index contributed by atoms with van der Waals surface area (Å²) >= 11 is 0. The number of ether oxygens (including phenoxy) is 2. The van der Waals surface area contributed by atoms with Crippen LogP contribution in [0.5, 0.6) is 11.5 Å². The lowest BCUT2D eigenvalue weighted by Crippen LogP contribution is -2.06. The summed E-state index contributed by atoms with van der Waals surface area (Å²) in [6.07, 6.45) is 3.58. The number of aliphatic hydroxyl groups is 1. The van der Waals surface area contributed by atoms with Crippen LogP contribution in [0.3, 0.4) is 0 Å². The molecule has 0 aliphatic carbocycles. The minimum atomic E-state index is 0.182. The Morgan fingerprint density at radius 2 is 1.50 bits per heavy atom. The SMILES string of the molecule is CC(C)CCOc1cc(CCCO)c(OCCC(C)C)c2ccccc12. The summed E-state index contributed by atoms with van der Waals surface area (Å²) in [6, 6.07) is 10.4. The van der Waals surface area contributed by atoms with Crippen LogP contribution in [0.1, 0.15) is 52.5 Å². The molecule has 2 rings (SSSR count). The van der Waals surface area contributed by atoms with E-state index in [1.165, 1.54) is 0 Å². The summed E-state index contributed by atoms with van der Waals surface area (Å²) in [5.74, 6) is 3.10. The van der Waals surface area contributed by atoms with E-state index in [0.29, 0.717) is 25.0 Å². The molecule has 0 bridgehead atoms. The lowest BCUT2D eigenvalue weighted by molar-refractivity contribution is 0.277.